The van der Waals surface area contributed by atoms with Gasteiger partial charge in [-0.2, -0.15) is 4.80 Å². The van der Waals surface area contributed by atoms with Crippen LogP contribution < -0.4 is 10.6 Å². The van der Waals surface area contributed by atoms with E-state index in [1.807, 2.05) is 32.0 Å². The minimum Gasteiger partial charge on any atom is -0.481 e. The number of hydrogen-bond donors (Lipinski definition) is 3. The summed E-state index contributed by atoms with van der Waals surface area (Å²) >= 11 is 0. The molecular formula is C25H29N7O6. The molecule has 13 heteroatoms. The molecule has 0 saturated carbocycles. The highest BCUT2D eigenvalue weighted by Gasteiger charge is 2.25. The Morgan fingerprint density at radius 2 is 1.71 bits per heavy atom. The lowest BCUT2D eigenvalue weighted by molar-refractivity contribution is -0.139. The number of amides is 2. The third kappa shape index (κ3) is 8.20. The Bertz CT molecular complexity index is 1260. The number of nitrogens with one attached hydrogen (secondary N) is 2. The summed E-state index contributed by atoms with van der Waals surface area (Å²) in [5, 5.41) is 26.3. The molecule has 0 spiro atoms. The van der Waals surface area contributed by atoms with Crippen LogP contribution in [0.2, 0.25) is 0 Å². The monoisotopic (exact) mass is 523 g/mol. The molecule has 2 aromatic carbocycles. The molecular weight excluding hydrogens is 494 g/mol. The predicted octanol–water partition coefficient (Wildman–Crippen LogP) is 1.32. The number of benzene rings is 2. The number of hydrogen-bond acceptors (Lipinski definition) is 9. The Labute approximate surface area is 218 Å². The minimum atomic E-state index is -1.35. The van der Waals surface area contributed by atoms with Crippen LogP contribution >= 0.6 is 0 Å². The molecule has 1 aromatic heterocycles. The average molecular weight is 524 g/mol. The van der Waals surface area contributed by atoms with E-state index in [4.69, 9.17) is 4.74 Å². The summed E-state index contributed by atoms with van der Waals surface area (Å²) in [6.45, 7) is 1.40. The Morgan fingerprint density at radius 3 is 2.34 bits per heavy atom. The number of ether oxygens (including phenoxy) is 1. The van der Waals surface area contributed by atoms with E-state index in [1.54, 1.807) is 48.5 Å². The Balaban J connectivity index is 1.60. The maximum absolute atomic E-state index is 12.7. The summed E-state index contributed by atoms with van der Waals surface area (Å²) < 4.78 is 5.09. The SMILES string of the molecule is CC(NC(=O)c1ccc(-c2nnn(CC(=O)C(CC(=O)O)NC(=O)OCc3ccccc3)n2)cc1)N(C)C. The van der Waals surface area contributed by atoms with Crippen LogP contribution in [-0.4, -0.2) is 80.3 Å². The van der Waals surface area contributed by atoms with E-state index < -0.39 is 36.9 Å². The number of carboxylic acid groups (broad SMARTS) is 1. The second-order valence-electron chi connectivity index (χ2n) is 8.66. The number of Topliss-reactive ketones (excluding diaryl/α,β-unsaturated/α-hetero) is 1. The van der Waals surface area contributed by atoms with Crippen molar-refractivity contribution in [1.29, 1.82) is 0 Å². The Kier molecular flexibility index (Phi) is 9.60. The summed E-state index contributed by atoms with van der Waals surface area (Å²) in [7, 11) is 3.71. The van der Waals surface area contributed by atoms with Crippen molar-refractivity contribution in [3.05, 3.63) is 65.7 Å². The zero-order valence-electron chi connectivity index (χ0n) is 21.2. The van der Waals surface area contributed by atoms with Crippen LogP contribution in [0.1, 0.15) is 29.3 Å². The standard InChI is InChI=1S/C25H29N7O6/c1-16(31(2)3)26-24(36)19-11-9-18(10-12-19)23-28-30-32(29-23)14-21(33)20(13-22(34)35)27-25(37)38-15-17-7-5-4-6-8-17/h4-12,16,20H,13-15H2,1-3H3,(H,26,36)(H,27,37)(H,34,35). The van der Waals surface area contributed by atoms with E-state index in [2.05, 4.69) is 26.0 Å². The number of ketones is 1. The average Bonchev–Trinajstić information content (AvgIpc) is 3.35. The number of carbonyl (C=O) groups excluding carboxylic acids is 3. The largest absolute Gasteiger partial charge is 0.481 e. The molecule has 0 aliphatic carbocycles. The van der Waals surface area contributed by atoms with Crippen molar-refractivity contribution in [3.8, 4) is 11.4 Å². The molecule has 2 atom stereocenters. The summed E-state index contributed by atoms with van der Waals surface area (Å²) in [4.78, 5) is 51.4. The van der Waals surface area contributed by atoms with Gasteiger partial charge in [0.25, 0.3) is 5.91 Å². The van der Waals surface area contributed by atoms with Crippen LogP contribution in [0.5, 0.6) is 0 Å². The minimum absolute atomic E-state index is 0.0379. The molecule has 0 aliphatic heterocycles. The van der Waals surface area contributed by atoms with Gasteiger partial charge in [0, 0.05) is 11.1 Å². The highest BCUT2D eigenvalue weighted by Crippen LogP contribution is 2.15. The molecule has 1 heterocycles. The predicted molar refractivity (Wildman–Crippen MR) is 135 cm³/mol. The molecule has 13 nitrogen and oxygen atoms in total. The quantitative estimate of drug-likeness (QED) is 0.294. The van der Waals surface area contributed by atoms with Crippen molar-refractivity contribution in [1.82, 2.24) is 35.7 Å². The number of tetrazole rings is 1. The molecule has 0 saturated heterocycles. The first-order valence-corrected chi connectivity index (χ1v) is 11.7. The number of alkyl carbamates (subject to hydrolysis) is 1. The van der Waals surface area contributed by atoms with Crippen molar-refractivity contribution < 1.29 is 29.0 Å². The Morgan fingerprint density at radius 1 is 1.03 bits per heavy atom. The molecule has 3 N–H and O–H groups in total. The number of carbonyl (C=O) groups is 4. The van der Waals surface area contributed by atoms with Crippen LogP contribution in [0.4, 0.5) is 4.79 Å². The summed E-state index contributed by atoms with van der Waals surface area (Å²) in [6.07, 6.45) is -1.72. The maximum Gasteiger partial charge on any atom is 0.408 e. The van der Waals surface area contributed by atoms with Crippen LogP contribution in [0.15, 0.2) is 54.6 Å². The zero-order valence-corrected chi connectivity index (χ0v) is 21.2. The molecule has 0 fully saturated rings. The summed E-state index contributed by atoms with van der Waals surface area (Å²) in [5.74, 6) is -1.95. The molecule has 200 valence electrons. The fraction of sp³-hybridized carbons (Fsp3) is 0.320. The molecule has 38 heavy (non-hydrogen) atoms. The van der Waals surface area contributed by atoms with Crippen LogP contribution in [0, 0.1) is 0 Å². The van der Waals surface area contributed by atoms with Gasteiger partial charge < -0.3 is 20.5 Å². The lowest BCUT2D eigenvalue weighted by atomic mass is 10.1. The second kappa shape index (κ2) is 13.1. The normalized spacial score (nSPS) is 12.4. The van der Waals surface area contributed by atoms with Crippen LogP contribution in [0.3, 0.4) is 0 Å². The van der Waals surface area contributed by atoms with E-state index in [-0.39, 0.29) is 24.5 Å². The summed E-state index contributed by atoms with van der Waals surface area (Å²) in [6, 6.07) is 14.1. The zero-order chi connectivity index (χ0) is 27.7. The van der Waals surface area contributed by atoms with E-state index in [1.165, 1.54) is 0 Å². The van der Waals surface area contributed by atoms with Crippen molar-refractivity contribution in [2.45, 2.75) is 38.7 Å². The molecule has 0 radical (unpaired) electrons. The topological polar surface area (TPSA) is 169 Å². The van der Waals surface area contributed by atoms with Gasteiger partial charge in [0.15, 0.2) is 5.78 Å². The van der Waals surface area contributed by atoms with Gasteiger partial charge in [-0.05, 0) is 43.9 Å². The lowest BCUT2D eigenvalue weighted by Gasteiger charge is -2.20. The van der Waals surface area contributed by atoms with Crippen LogP contribution in [0.25, 0.3) is 11.4 Å². The fourth-order valence-corrected chi connectivity index (χ4v) is 3.18. The number of aromatic nitrogens is 4. The van der Waals surface area contributed by atoms with Gasteiger partial charge in [-0.1, -0.05) is 42.5 Å². The van der Waals surface area contributed by atoms with E-state index >= 15 is 0 Å². The first-order chi connectivity index (χ1) is 18.1. The van der Waals surface area contributed by atoms with Gasteiger partial charge >= 0.3 is 12.1 Å². The van der Waals surface area contributed by atoms with Gasteiger partial charge in [0.05, 0.1) is 12.6 Å². The van der Waals surface area contributed by atoms with Crippen LogP contribution in [-0.2, 0) is 27.5 Å². The van der Waals surface area contributed by atoms with Gasteiger partial charge in [0.1, 0.15) is 19.2 Å². The number of aliphatic carboxylic acids is 1. The third-order valence-corrected chi connectivity index (χ3v) is 5.54. The van der Waals surface area contributed by atoms with Crippen molar-refractivity contribution >= 4 is 23.8 Å². The van der Waals surface area contributed by atoms with Gasteiger partial charge in [0.2, 0.25) is 5.82 Å². The van der Waals surface area contributed by atoms with Gasteiger partial charge in [-0.3, -0.25) is 19.3 Å². The maximum atomic E-state index is 12.7. The van der Waals surface area contributed by atoms with E-state index in [0.717, 1.165) is 10.4 Å². The van der Waals surface area contributed by atoms with Gasteiger partial charge in [-0.15, -0.1) is 10.2 Å². The smallest absolute Gasteiger partial charge is 0.408 e. The first-order valence-electron chi connectivity index (χ1n) is 11.7. The molecule has 2 unspecified atom stereocenters. The molecule has 3 aromatic rings. The van der Waals surface area contributed by atoms with E-state index in [0.29, 0.717) is 11.1 Å². The molecule has 0 aliphatic rings. The third-order valence-electron chi connectivity index (χ3n) is 5.54. The molecule has 0 bridgehead atoms. The summed E-state index contributed by atoms with van der Waals surface area (Å²) in [5.41, 5.74) is 1.75. The first kappa shape index (κ1) is 27.9. The fourth-order valence-electron chi connectivity index (χ4n) is 3.18. The van der Waals surface area contributed by atoms with E-state index in [9.17, 15) is 24.3 Å². The second-order valence-corrected chi connectivity index (χ2v) is 8.66. The lowest BCUT2D eigenvalue weighted by Crippen LogP contribution is -2.44. The van der Waals surface area contributed by atoms with Gasteiger partial charge in [-0.25, -0.2) is 4.79 Å². The van der Waals surface area contributed by atoms with Crippen molar-refractivity contribution in [2.24, 2.45) is 0 Å². The Hall–Kier alpha value is -4.65. The molecule has 2 amide bonds. The number of rotatable bonds is 12. The number of nitrogens with zero attached hydrogens (tertiary/aromatic N) is 5. The van der Waals surface area contributed by atoms with Crippen molar-refractivity contribution in [2.75, 3.05) is 14.1 Å². The number of carboxylic acids is 1. The highest BCUT2D eigenvalue weighted by molar-refractivity contribution is 5.94. The van der Waals surface area contributed by atoms with Crippen molar-refractivity contribution in [3.63, 3.8) is 0 Å². The highest BCUT2D eigenvalue weighted by atomic mass is 16.5. The molecule has 3 rings (SSSR count).